The number of hydrogen-bond acceptors (Lipinski definition) is 6. The van der Waals surface area contributed by atoms with E-state index in [4.69, 9.17) is 4.98 Å². The van der Waals surface area contributed by atoms with Gasteiger partial charge in [0.1, 0.15) is 17.7 Å². The van der Waals surface area contributed by atoms with Gasteiger partial charge in [0.25, 0.3) is 5.91 Å². The van der Waals surface area contributed by atoms with E-state index in [1.54, 1.807) is 17.0 Å². The van der Waals surface area contributed by atoms with Gasteiger partial charge in [-0.15, -0.1) is 0 Å². The number of carbonyl (C=O) groups excluding carboxylic acids is 1. The maximum atomic E-state index is 12.7. The summed E-state index contributed by atoms with van der Waals surface area (Å²) in [6.45, 7) is 2.94. The number of aromatic nitrogens is 5. The van der Waals surface area contributed by atoms with Crippen LogP contribution in [0.5, 0.6) is 0 Å². The Bertz CT molecular complexity index is 1010. The third-order valence-corrected chi connectivity index (χ3v) is 5.52. The Hall–Kier alpha value is -3.03. The summed E-state index contributed by atoms with van der Waals surface area (Å²) < 4.78 is 1.66. The molecule has 138 valence electrons. The van der Waals surface area contributed by atoms with Crippen LogP contribution >= 0.6 is 0 Å². The summed E-state index contributed by atoms with van der Waals surface area (Å²) in [5.74, 6) is 0.726. The van der Waals surface area contributed by atoms with Gasteiger partial charge < -0.3 is 10.2 Å². The average Bonchev–Trinajstić information content (AvgIpc) is 3.32. The Morgan fingerprint density at radius 1 is 1.26 bits per heavy atom. The van der Waals surface area contributed by atoms with Crippen LogP contribution < -0.4 is 10.2 Å². The minimum Gasteiger partial charge on any atom is -0.349 e. The first-order valence-corrected chi connectivity index (χ1v) is 9.41. The Kier molecular flexibility index (Phi) is 3.77. The number of carbonyl (C=O) groups is 1. The summed E-state index contributed by atoms with van der Waals surface area (Å²) in [7, 11) is 0. The van der Waals surface area contributed by atoms with Crippen molar-refractivity contribution in [2.75, 3.05) is 11.4 Å². The topological polar surface area (TPSA) is 88.3 Å². The van der Waals surface area contributed by atoms with E-state index in [0.29, 0.717) is 11.2 Å². The van der Waals surface area contributed by atoms with Crippen LogP contribution in [0, 0.1) is 0 Å². The molecule has 2 atom stereocenters. The van der Waals surface area contributed by atoms with Gasteiger partial charge in [-0.25, -0.2) is 19.5 Å². The highest BCUT2D eigenvalue weighted by Gasteiger charge is 2.30. The number of rotatable bonds is 0. The molecule has 2 bridgehead atoms. The van der Waals surface area contributed by atoms with Crippen LogP contribution in [0.4, 0.5) is 5.82 Å². The SMILES string of the molecule is C[C@@H]1CCc2ncncc2[C@@H]2CCCN2c2ccn3ncc(c3n2)C(=O)N1. The molecule has 8 heteroatoms. The number of aryl methyl sites for hydroxylation is 1. The fourth-order valence-corrected chi connectivity index (χ4v) is 4.12. The Morgan fingerprint density at radius 3 is 3.11 bits per heavy atom. The van der Waals surface area contributed by atoms with Crippen molar-refractivity contribution in [3.63, 3.8) is 0 Å². The van der Waals surface area contributed by atoms with Crippen molar-refractivity contribution in [1.82, 2.24) is 29.9 Å². The van der Waals surface area contributed by atoms with Crippen LogP contribution in [0.1, 0.15) is 53.8 Å². The molecule has 3 aromatic rings. The minimum absolute atomic E-state index is 0.0267. The second kappa shape index (κ2) is 6.29. The lowest BCUT2D eigenvalue weighted by atomic mass is 10.00. The van der Waals surface area contributed by atoms with E-state index in [1.807, 2.05) is 25.4 Å². The molecular weight excluding hydrogens is 342 g/mol. The molecule has 0 aliphatic carbocycles. The van der Waals surface area contributed by atoms with Crippen molar-refractivity contribution in [3.8, 4) is 0 Å². The third kappa shape index (κ3) is 2.72. The molecule has 0 unspecified atom stereocenters. The number of amides is 1. The van der Waals surface area contributed by atoms with E-state index >= 15 is 0 Å². The maximum absolute atomic E-state index is 12.7. The van der Waals surface area contributed by atoms with Crippen molar-refractivity contribution in [2.45, 2.75) is 44.7 Å². The van der Waals surface area contributed by atoms with Crippen molar-refractivity contribution < 1.29 is 4.79 Å². The molecule has 2 aliphatic heterocycles. The summed E-state index contributed by atoms with van der Waals surface area (Å²) in [6.07, 6.45) is 10.8. The average molecular weight is 363 g/mol. The monoisotopic (exact) mass is 363 g/mol. The first kappa shape index (κ1) is 16.2. The molecule has 0 saturated carbocycles. The number of nitrogens with one attached hydrogen (secondary N) is 1. The smallest absolute Gasteiger partial charge is 0.256 e. The van der Waals surface area contributed by atoms with Crippen molar-refractivity contribution in [3.05, 3.63) is 47.8 Å². The number of fused-ring (bicyclic) bond motifs is 5. The normalized spacial score (nSPS) is 22.6. The van der Waals surface area contributed by atoms with Gasteiger partial charge in [0.15, 0.2) is 5.65 Å². The van der Waals surface area contributed by atoms with E-state index in [-0.39, 0.29) is 18.0 Å². The molecule has 1 amide bonds. The van der Waals surface area contributed by atoms with E-state index in [2.05, 4.69) is 25.3 Å². The number of anilines is 1. The van der Waals surface area contributed by atoms with Gasteiger partial charge in [0.2, 0.25) is 0 Å². The third-order valence-electron chi connectivity index (χ3n) is 5.52. The molecule has 1 N–H and O–H groups in total. The van der Waals surface area contributed by atoms with Crippen molar-refractivity contribution in [1.29, 1.82) is 0 Å². The molecule has 8 nitrogen and oxygen atoms in total. The van der Waals surface area contributed by atoms with Gasteiger partial charge in [-0.05, 0) is 38.7 Å². The van der Waals surface area contributed by atoms with Gasteiger partial charge in [-0.1, -0.05) is 0 Å². The molecule has 27 heavy (non-hydrogen) atoms. The molecule has 0 radical (unpaired) electrons. The Balaban J connectivity index is 1.68. The highest BCUT2D eigenvalue weighted by molar-refractivity contribution is 5.99. The minimum atomic E-state index is -0.137. The van der Waals surface area contributed by atoms with Gasteiger partial charge in [-0.2, -0.15) is 5.10 Å². The Morgan fingerprint density at radius 2 is 2.19 bits per heavy atom. The first-order chi connectivity index (χ1) is 13.2. The van der Waals surface area contributed by atoms with Crippen LogP contribution in [0.3, 0.4) is 0 Å². The highest BCUT2D eigenvalue weighted by Crippen LogP contribution is 2.36. The fourth-order valence-electron chi connectivity index (χ4n) is 4.12. The van der Waals surface area contributed by atoms with E-state index in [1.165, 1.54) is 5.56 Å². The molecule has 3 aromatic heterocycles. The van der Waals surface area contributed by atoms with Gasteiger partial charge in [0, 0.05) is 36.2 Å². The molecule has 2 aliphatic rings. The zero-order valence-corrected chi connectivity index (χ0v) is 15.2. The molecule has 0 aromatic carbocycles. The van der Waals surface area contributed by atoms with Crippen LogP contribution in [0.2, 0.25) is 0 Å². The van der Waals surface area contributed by atoms with Crippen LogP contribution in [0.15, 0.2) is 31.0 Å². The van der Waals surface area contributed by atoms with Crippen LogP contribution in [-0.2, 0) is 6.42 Å². The van der Waals surface area contributed by atoms with Crippen molar-refractivity contribution >= 4 is 17.4 Å². The molecular formula is C19H21N7O. The second-order valence-electron chi connectivity index (χ2n) is 7.30. The predicted octanol–water partition coefficient (Wildman–Crippen LogP) is 1.93. The van der Waals surface area contributed by atoms with Gasteiger partial charge in [-0.3, -0.25) is 4.79 Å². The molecule has 1 fully saturated rings. The second-order valence-corrected chi connectivity index (χ2v) is 7.30. The van der Waals surface area contributed by atoms with Crippen LogP contribution in [0.25, 0.3) is 5.65 Å². The quantitative estimate of drug-likeness (QED) is 0.656. The van der Waals surface area contributed by atoms with E-state index in [9.17, 15) is 4.79 Å². The summed E-state index contributed by atoms with van der Waals surface area (Å²) in [5.41, 5.74) is 3.33. The van der Waals surface area contributed by atoms with Crippen LogP contribution in [-0.4, -0.2) is 43.1 Å². The molecule has 0 spiro atoms. The lowest BCUT2D eigenvalue weighted by Crippen LogP contribution is -2.33. The molecule has 1 saturated heterocycles. The van der Waals surface area contributed by atoms with E-state index in [0.717, 1.165) is 43.7 Å². The summed E-state index contributed by atoms with van der Waals surface area (Å²) in [6, 6.07) is 2.20. The number of hydrogen-bond donors (Lipinski definition) is 1. The van der Waals surface area contributed by atoms with Crippen molar-refractivity contribution in [2.24, 2.45) is 0 Å². The largest absolute Gasteiger partial charge is 0.349 e. The molecule has 5 heterocycles. The highest BCUT2D eigenvalue weighted by atomic mass is 16.1. The summed E-state index contributed by atoms with van der Waals surface area (Å²) >= 11 is 0. The maximum Gasteiger partial charge on any atom is 0.256 e. The Labute approximate surface area is 156 Å². The lowest BCUT2D eigenvalue weighted by Gasteiger charge is -2.27. The summed E-state index contributed by atoms with van der Waals surface area (Å²) in [5, 5.41) is 7.35. The zero-order valence-electron chi connectivity index (χ0n) is 15.2. The molecule has 5 rings (SSSR count). The lowest BCUT2D eigenvalue weighted by molar-refractivity contribution is 0.0940. The number of nitrogens with zero attached hydrogens (tertiary/aromatic N) is 6. The van der Waals surface area contributed by atoms with Gasteiger partial charge in [0.05, 0.1) is 12.2 Å². The fraction of sp³-hybridized carbons (Fsp3) is 0.421. The zero-order chi connectivity index (χ0) is 18.4. The van der Waals surface area contributed by atoms with E-state index < -0.39 is 0 Å². The predicted molar refractivity (Wildman–Crippen MR) is 99.6 cm³/mol. The van der Waals surface area contributed by atoms with Gasteiger partial charge >= 0.3 is 0 Å². The first-order valence-electron chi connectivity index (χ1n) is 9.41. The summed E-state index contributed by atoms with van der Waals surface area (Å²) in [4.78, 5) is 28.7. The standard InChI is InChI=1S/C19H21N7O/c1-12-4-5-15-13(9-20-11-21-15)16-3-2-7-25(16)17-6-8-26-18(24-17)14(10-22-26)19(27)23-12/h6,8-12,16H,2-5,7H2,1H3,(H,23,27)/t12-,16+/m1/s1.